The van der Waals surface area contributed by atoms with Gasteiger partial charge in [-0.25, -0.2) is 19.7 Å². The Morgan fingerprint density at radius 2 is 2.11 bits per heavy atom. The van der Waals surface area contributed by atoms with E-state index < -0.39 is 29.4 Å². The Morgan fingerprint density at radius 3 is 2.74 bits per heavy atom. The molecule has 0 radical (unpaired) electrons. The van der Waals surface area contributed by atoms with Gasteiger partial charge in [-0.05, 0) is 0 Å². The summed E-state index contributed by atoms with van der Waals surface area (Å²) >= 11 is 3.77. The number of nitrogens with one attached hydrogen (secondary N) is 1. The number of thiazole rings is 1. The summed E-state index contributed by atoms with van der Waals surface area (Å²) in [7, 11) is 1.29. The third-order valence-electron chi connectivity index (χ3n) is 4.66. The van der Waals surface area contributed by atoms with E-state index in [4.69, 9.17) is 21.0 Å². The fraction of sp³-hybridized carbons (Fsp3) is 0.278. The van der Waals surface area contributed by atoms with E-state index in [1.807, 2.05) is 0 Å². The Bertz CT molecular complexity index is 1200. The number of carbonyl (C=O) groups is 3. The summed E-state index contributed by atoms with van der Waals surface area (Å²) in [5.41, 5.74) is 13.6. The number of carbonyl (C=O) groups excluding carboxylic acids is 2. The van der Waals surface area contributed by atoms with Crippen molar-refractivity contribution in [3.05, 3.63) is 34.1 Å². The lowest BCUT2D eigenvalue weighted by Crippen LogP contribution is -2.70. The number of hydrogen-bond acceptors (Lipinski definition) is 14. The summed E-state index contributed by atoms with van der Waals surface area (Å²) < 4.78 is 4.96. The van der Waals surface area contributed by atoms with E-state index in [1.54, 1.807) is 5.38 Å². The van der Waals surface area contributed by atoms with Crippen LogP contribution >= 0.6 is 34.9 Å². The number of nitrogens with zero attached hydrogens (tertiary/aromatic N) is 5. The molecule has 0 spiro atoms. The molecule has 6 N–H and O–H groups in total. The second-order valence-electron chi connectivity index (χ2n) is 6.92. The third kappa shape index (κ3) is 5.25. The number of fused-ring (bicyclic) bond motifs is 1. The van der Waals surface area contributed by atoms with Crippen molar-refractivity contribution in [3.63, 3.8) is 0 Å². The van der Waals surface area contributed by atoms with Crippen molar-refractivity contribution in [2.24, 2.45) is 5.16 Å². The van der Waals surface area contributed by atoms with Crippen LogP contribution in [0.1, 0.15) is 5.69 Å². The van der Waals surface area contributed by atoms with Gasteiger partial charge in [0.05, 0.1) is 5.51 Å². The number of ether oxygens (including phenoxy) is 1. The molecule has 2 atom stereocenters. The lowest BCUT2D eigenvalue weighted by atomic mass is 10.1. The first-order valence-corrected chi connectivity index (χ1v) is 12.7. The zero-order valence-electron chi connectivity index (χ0n) is 17.9. The quantitative estimate of drug-likeness (QED) is 0.0904. The molecule has 0 aromatic carbocycles. The number of aromatic nitrogens is 3. The average molecular weight is 539 g/mol. The van der Waals surface area contributed by atoms with Gasteiger partial charge >= 0.3 is 6.16 Å². The van der Waals surface area contributed by atoms with Gasteiger partial charge in [0, 0.05) is 28.5 Å². The zero-order chi connectivity index (χ0) is 25.1. The van der Waals surface area contributed by atoms with E-state index in [0.717, 1.165) is 11.8 Å². The molecule has 0 bridgehead atoms. The molecule has 35 heavy (non-hydrogen) atoms. The standard InChI is InChI=1S/C18H18N8O6S3/c1-31-25-11(8-5-33-6-21-8)13(27)24-12-14(28)26-15(32-18(29)30)7(3-34-16(12)26)4-35-17-22-9(19)2-10(20)23-17/h2,5-6,12,16H,3-4H2,1H3,(H,24,27)(H,29,30)(H4,19,20,22,23)/t12?,16-/m0/s1. The maximum absolute atomic E-state index is 12.9. The number of nitrogens with two attached hydrogens (primary N) is 2. The molecule has 2 aromatic heterocycles. The number of amides is 2. The van der Waals surface area contributed by atoms with Gasteiger partial charge in [-0.15, -0.1) is 23.1 Å². The van der Waals surface area contributed by atoms with Gasteiger partial charge in [-0.3, -0.25) is 14.5 Å². The Balaban J connectivity index is 1.50. The maximum atomic E-state index is 12.9. The molecule has 0 saturated carbocycles. The van der Waals surface area contributed by atoms with Crippen LogP contribution < -0.4 is 16.8 Å². The fourth-order valence-corrected chi connectivity index (χ4v) is 6.08. The molecule has 184 valence electrons. The summed E-state index contributed by atoms with van der Waals surface area (Å²) in [6.45, 7) is 0. The monoisotopic (exact) mass is 538 g/mol. The lowest BCUT2D eigenvalue weighted by molar-refractivity contribution is -0.148. The maximum Gasteiger partial charge on any atom is 0.512 e. The normalized spacial score (nSPS) is 19.6. The van der Waals surface area contributed by atoms with Crippen LogP contribution in [-0.2, 0) is 19.2 Å². The number of hydrogen-bond donors (Lipinski definition) is 4. The first-order chi connectivity index (χ1) is 16.8. The zero-order valence-corrected chi connectivity index (χ0v) is 20.4. The Labute approximate surface area is 210 Å². The second kappa shape index (κ2) is 10.4. The van der Waals surface area contributed by atoms with E-state index in [9.17, 15) is 19.5 Å². The topological polar surface area (TPSA) is 208 Å². The molecule has 2 aliphatic rings. The molecular weight excluding hydrogens is 520 g/mol. The molecule has 14 nitrogen and oxygen atoms in total. The Morgan fingerprint density at radius 1 is 1.37 bits per heavy atom. The molecule has 1 fully saturated rings. The molecule has 2 aliphatic heterocycles. The number of rotatable bonds is 8. The van der Waals surface area contributed by atoms with Crippen molar-refractivity contribution in [2.75, 3.05) is 30.1 Å². The van der Waals surface area contributed by atoms with Crippen molar-refractivity contribution in [1.82, 2.24) is 25.2 Å². The minimum absolute atomic E-state index is 0.0862. The summed E-state index contributed by atoms with van der Waals surface area (Å²) in [5.74, 6) is -0.349. The van der Waals surface area contributed by atoms with Crippen LogP contribution in [0, 0.1) is 0 Å². The van der Waals surface area contributed by atoms with Crippen molar-refractivity contribution >= 4 is 70.2 Å². The predicted molar refractivity (Wildman–Crippen MR) is 128 cm³/mol. The second-order valence-corrected chi connectivity index (χ2v) is 9.69. The highest BCUT2D eigenvalue weighted by molar-refractivity contribution is 8.01. The van der Waals surface area contributed by atoms with Crippen LogP contribution in [0.5, 0.6) is 0 Å². The number of nitrogen functional groups attached to an aromatic ring is 2. The number of thioether (sulfide) groups is 2. The number of anilines is 2. The third-order valence-corrected chi connectivity index (χ3v) is 7.52. The summed E-state index contributed by atoms with van der Waals surface area (Å²) in [6, 6.07) is 0.486. The summed E-state index contributed by atoms with van der Waals surface area (Å²) in [5, 5.41) is 16.9. The smallest absolute Gasteiger partial charge is 0.449 e. The van der Waals surface area contributed by atoms with Crippen LogP contribution in [-0.4, -0.2) is 78.7 Å². The highest BCUT2D eigenvalue weighted by atomic mass is 32.2. The molecule has 0 aliphatic carbocycles. The van der Waals surface area contributed by atoms with E-state index in [2.05, 4.69) is 25.4 Å². The van der Waals surface area contributed by atoms with Crippen molar-refractivity contribution < 1.29 is 29.1 Å². The Hall–Kier alpha value is -3.57. The van der Waals surface area contributed by atoms with Crippen LogP contribution in [0.25, 0.3) is 0 Å². The van der Waals surface area contributed by atoms with Crippen LogP contribution in [0.4, 0.5) is 16.4 Å². The minimum atomic E-state index is -1.57. The lowest BCUT2D eigenvalue weighted by Gasteiger charge is -2.49. The van der Waals surface area contributed by atoms with Crippen LogP contribution in [0.2, 0.25) is 0 Å². The SMILES string of the molecule is CON=C(C(=O)NC1C(=O)N2C(OC(=O)O)=C(CSc3nc(N)cc(N)n3)CS[C@@H]12)c1cscn1. The summed E-state index contributed by atoms with van der Waals surface area (Å²) in [4.78, 5) is 55.2. The molecule has 4 rings (SSSR count). The molecule has 1 unspecified atom stereocenters. The fourth-order valence-electron chi connectivity index (χ4n) is 3.22. The molecule has 1 saturated heterocycles. The van der Waals surface area contributed by atoms with Gasteiger partial charge in [-0.2, -0.15) is 0 Å². The number of oxime groups is 1. The van der Waals surface area contributed by atoms with Gasteiger partial charge in [0.2, 0.25) is 5.88 Å². The first kappa shape index (κ1) is 24.6. The van der Waals surface area contributed by atoms with Crippen molar-refractivity contribution in [3.8, 4) is 0 Å². The van der Waals surface area contributed by atoms with E-state index in [-0.39, 0.29) is 29.0 Å². The van der Waals surface area contributed by atoms with Gasteiger partial charge in [0.25, 0.3) is 11.8 Å². The van der Waals surface area contributed by atoms with Gasteiger partial charge < -0.3 is 31.5 Å². The minimum Gasteiger partial charge on any atom is -0.449 e. The largest absolute Gasteiger partial charge is 0.512 e. The van der Waals surface area contributed by atoms with Crippen molar-refractivity contribution in [1.29, 1.82) is 0 Å². The van der Waals surface area contributed by atoms with E-state index in [0.29, 0.717) is 22.2 Å². The molecular formula is C18H18N8O6S3. The van der Waals surface area contributed by atoms with Gasteiger partial charge in [0.1, 0.15) is 35.9 Å². The summed E-state index contributed by atoms with van der Waals surface area (Å²) in [6.07, 6.45) is -1.57. The number of β-lactam (4-membered cyclic amide) rings is 1. The predicted octanol–water partition coefficient (Wildman–Crippen LogP) is 0.546. The molecule has 2 aromatic rings. The average Bonchev–Trinajstić information content (AvgIpc) is 3.33. The highest BCUT2D eigenvalue weighted by Gasteiger charge is 2.54. The van der Waals surface area contributed by atoms with Gasteiger partial charge in [0.15, 0.2) is 10.9 Å². The van der Waals surface area contributed by atoms with Crippen LogP contribution in [0.15, 0.2) is 38.7 Å². The molecule has 17 heteroatoms. The van der Waals surface area contributed by atoms with Crippen LogP contribution in [0.3, 0.4) is 0 Å². The van der Waals surface area contributed by atoms with Crippen molar-refractivity contribution in [2.45, 2.75) is 16.6 Å². The van der Waals surface area contributed by atoms with Gasteiger partial charge in [-0.1, -0.05) is 16.9 Å². The number of carboxylic acid groups (broad SMARTS) is 1. The molecule has 2 amide bonds. The highest BCUT2D eigenvalue weighted by Crippen LogP contribution is 2.41. The first-order valence-electron chi connectivity index (χ1n) is 9.69. The molecule has 4 heterocycles. The van der Waals surface area contributed by atoms with E-state index in [1.165, 1.54) is 46.7 Å². The van der Waals surface area contributed by atoms with E-state index >= 15 is 0 Å². The Kier molecular flexibility index (Phi) is 7.27.